The molecule has 0 saturated heterocycles. The minimum absolute atomic E-state index is 0.185. The summed E-state index contributed by atoms with van der Waals surface area (Å²) in [5, 5.41) is 1.03. The molecule has 2 rings (SSSR count). The van der Waals surface area contributed by atoms with Crippen LogP contribution in [0.5, 0.6) is 0 Å². The van der Waals surface area contributed by atoms with Crippen molar-refractivity contribution in [2.45, 2.75) is 19.9 Å². The molecule has 1 aromatic heterocycles. The molecule has 102 valence electrons. The molecule has 0 saturated carbocycles. The first-order valence-electron chi connectivity index (χ1n) is 6.30. The lowest BCUT2D eigenvalue weighted by Gasteiger charge is -2.16. The van der Waals surface area contributed by atoms with E-state index in [1.165, 1.54) is 4.31 Å². The highest BCUT2D eigenvalue weighted by Gasteiger charge is 2.16. The van der Waals surface area contributed by atoms with Crippen molar-refractivity contribution in [3.05, 3.63) is 42.1 Å². The van der Waals surface area contributed by atoms with Crippen molar-refractivity contribution in [3.63, 3.8) is 0 Å². The smallest absolute Gasteiger partial charge is 0.214 e. The second-order valence-electron chi connectivity index (χ2n) is 4.61. The van der Waals surface area contributed by atoms with Crippen molar-refractivity contribution < 1.29 is 8.42 Å². The fraction of sp³-hybridized carbons (Fsp3) is 0.357. The van der Waals surface area contributed by atoms with Gasteiger partial charge < -0.3 is 0 Å². The molecule has 0 aliphatic rings. The van der Waals surface area contributed by atoms with E-state index in [9.17, 15) is 8.42 Å². The SMILES string of the molecule is CCCS(=O)(=O)N(C)Cc1cnc2ccccc2c1. The van der Waals surface area contributed by atoms with Gasteiger partial charge in [-0.1, -0.05) is 25.1 Å². The van der Waals surface area contributed by atoms with Gasteiger partial charge in [0.05, 0.1) is 11.3 Å². The third-order valence-corrected chi connectivity index (χ3v) is 4.99. The molecule has 5 heteroatoms. The van der Waals surface area contributed by atoms with Crippen molar-refractivity contribution in [1.82, 2.24) is 9.29 Å². The van der Waals surface area contributed by atoms with Crippen LogP contribution in [0.4, 0.5) is 0 Å². The van der Waals surface area contributed by atoms with Gasteiger partial charge >= 0.3 is 0 Å². The molecule has 0 fully saturated rings. The standard InChI is InChI=1S/C14H18N2O2S/c1-3-8-19(17,18)16(2)11-12-9-13-6-4-5-7-14(13)15-10-12/h4-7,9-10H,3,8,11H2,1-2H3. The summed E-state index contributed by atoms with van der Waals surface area (Å²) in [4.78, 5) is 4.34. The molecule has 0 N–H and O–H groups in total. The number of nitrogens with zero attached hydrogens (tertiary/aromatic N) is 2. The van der Waals surface area contributed by atoms with Crippen molar-refractivity contribution in [2.75, 3.05) is 12.8 Å². The number of aromatic nitrogens is 1. The van der Waals surface area contributed by atoms with Gasteiger partial charge in [0.2, 0.25) is 10.0 Å². The van der Waals surface area contributed by atoms with Gasteiger partial charge in [0.25, 0.3) is 0 Å². The second-order valence-corrected chi connectivity index (χ2v) is 6.80. The quantitative estimate of drug-likeness (QED) is 0.844. The Morgan fingerprint density at radius 1 is 1.26 bits per heavy atom. The van der Waals surface area contributed by atoms with E-state index in [2.05, 4.69) is 4.98 Å². The Kier molecular flexibility index (Phi) is 4.17. The van der Waals surface area contributed by atoms with Crippen LogP contribution in [-0.4, -0.2) is 30.5 Å². The van der Waals surface area contributed by atoms with Gasteiger partial charge in [-0.05, 0) is 24.1 Å². The number of sulfonamides is 1. The summed E-state index contributed by atoms with van der Waals surface area (Å²) < 4.78 is 25.2. The lowest BCUT2D eigenvalue weighted by atomic mass is 10.1. The summed E-state index contributed by atoms with van der Waals surface area (Å²) in [5.74, 6) is 0.185. The molecule has 0 amide bonds. The Hall–Kier alpha value is -1.46. The maximum Gasteiger partial charge on any atom is 0.214 e. The van der Waals surface area contributed by atoms with E-state index in [-0.39, 0.29) is 5.75 Å². The van der Waals surface area contributed by atoms with E-state index in [0.29, 0.717) is 13.0 Å². The zero-order chi connectivity index (χ0) is 13.9. The summed E-state index contributed by atoms with van der Waals surface area (Å²) in [5.41, 5.74) is 1.83. The van der Waals surface area contributed by atoms with Crippen LogP contribution in [0.3, 0.4) is 0 Å². The molecule has 0 unspecified atom stereocenters. The molecule has 2 aromatic rings. The van der Waals surface area contributed by atoms with Gasteiger partial charge in [-0.2, -0.15) is 0 Å². The Labute approximate surface area is 114 Å². The van der Waals surface area contributed by atoms with Crippen LogP contribution in [-0.2, 0) is 16.6 Å². The van der Waals surface area contributed by atoms with Crippen LogP contribution in [0, 0.1) is 0 Å². The van der Waals surface area contributed by atoms with E-state index in [4.69, 9.17) is 0 Å². The van der Waals surface area contributed by atoms with Crippen LogP contribution in [0.1, 0.15) is 18.9 Å². The first-order chi connectivity index (χ1) is 9.03. The van der Waals surface area contributed by atoms with E-state index in [0.717, 1.165) is 16.5 Å². The number of benzene rings is 1. The maximum absolute atomic E-state index is 11.9. The second kappa shape index (κ2) is 5.67. The summed E-state index contributed by atoms with van der Waals surface area (Å²) >= 11 is 0. The normalized spacial score (nSPS) is 12.2. The van der Waals surface area contributed by atoms with Crippen molar-refractivity contribution in [3.8, 4) is 0 Å². The first-order valence-corrected chi connectivity index (χ1v) is 7.91. The zero-order valence-corrected chi connectivity index (χ0v) is 12.0. The van der Waals surface area contributed by atoms with Crippen LogP contribution in [0.25, 0.3) is 10.9 Å². The average Bonchev–Trinajstić information content (AvgIpc) is 2.38. The van der Waals surface area contributed by atoms with Gasteiger partial charge in [-0.3, -0.25) is 4.98 Å². The Morgan fingerprint density at radius 2 is 2.00 bits per heavy atom. The van der Waals surface area contributed by atoms with Crippen molar-refractivity contribution >= 4 is 20.9 Å². The van der Waals surface area contributed by atoms with Crippen LogP contribution in [0.15, 0.2) is 36.5 Å². The van der Waals surface area contributed by atoms with Gasteiger partial charge in [0, 0.05) is 25.2 Å². The summed E-state index contributed by atoms with van der Waals surface area (Å²) in [6.07, 6.45) is 2.36. The number of hydrogen-bond donors (Lipinski definition) is 0. The largest absolute Gasteiger partial charge is 0.256 e. The first kappa shape index (κ1) is 14.0. The number of para-hydroxylation sites is 1. The molecule has 0 aliphatic carbocycles. The molecule has 1 aromatic carbocycles. The molecule has 19 heavy (non-hydrogen) atoms. The van der Waals surface area contributed by atoms with E-state index in [1.807, 2.05) is 37.3 Å². The number of hydrogen-bond acceptors (Lipinski definition) is 3. The van der Waals surface area contributed by atoms with E-state index >= 15 is 0 Å². The van der Waals surface area contributed by atoms with Crippen LogP contribution < -0.4 is 0 Å². The van der Waals surface area contributed by atoms with Gasteiger partial charge in [-0.25, -0.2) is 12.7 Å². The van der Waals surface area contributed by atoms with Crippen molar-refractivity contribution in [1.29, 1.82) is 0 Å². The molecule has 1 heterocycles. The topological polar surface area (TPSA) is 50.3 Å². The molecule has 4 nitrogen and oxygen atoms in total. The van der Waals surface area contributed by atoms with Crippen LogP contribution >= 0.6 is 0 Å². The average molecular weight is 278 g/mol. The lowest BCUT2D eigenvalue weighted by Crippen LogP contribution is -2.28. The molecule has 0 aliphatic heterocycles. The van der Waals surface area contributed by atoms with Crippen molar-refractivity contribution in [2.24, 2.45) is 0 Å². The highest BCUT2D eigenvalue weighted by atomic mass is 32.2. The predicted octanol–water partition coefficient (Wildman–Crippen LogP) is 2.41. The predicted molar refractivity (Wildman–Crippen MR) is 77.3 cm³/mol. The Morgan fingerprint density at radius 3 is 2.74 bits per heavy atom. The van der Waals surface area contributed by atoms with Crippen LogP contribution in [0.2, 0.25) is 0 Å². The molecular weight excluding hydrogens is 260 g/mol. The van der Waals surface area contributed by atoms with Gasteiger partial charge in [0.1, 0.15) is 0 Å². The van der Waals surface area contributed by atoms with Gasteiger partial charge in [-0.15, -0.1) is 0 Å². The summed E-state index contributed by atoms with van der Waals surface area (Å²) in [6.45, 7) is 2.23. The minimum Gasteiger partial charge on any atom is -0.256 e. The fourth-order valence-electron chi connectivity index (χ4n) is 1.97. The highest BCUT2D eigenvalue weighted by molar-refractivity contribution is 7.89. The number of fused-ring (bicyclic) bond motifs is 1. The third kappa shape index (κ3) is 3.30. The van der Waals surface area contributed by atoms with E-state index < -0.39 is 10.0 Å². The lowest BCUT2D eigenvalue weighted by molar-refractivity contribution is 0.466. The maximum atomic E-state index is 11.9. The van der Waals surface area contributed by atoms with E-state index in [1.54, 1.807) is 13.2 Å². The number of rotatable bonds is 5. The molecule has 0 bridgehead atoms. The molecule has 0 spiro atoms. The van der Waals surface area contributed by atoms with Gasteiger partial charge in [0.15, 0.2) is 0 Å². The number of pyridine rings is 1. The zero-order valence-electron chi connectivity index (χ0n) is 11.2. The third-order valence-electron chi connectivity index (χ3n) is 2.99. The molecule has 0 radical (unpaired) electrons. The molecule has 0 atom stereocenters. The molecular formula is C14H18N2O2S. The summed E-state index contributed by atoms with van der Waals surface area (Å²) in [6, 6.07) is 9.79. The Balaban J connectivity index is 2.22. The minimum atomic E-state index is -3.16. The monoisotopic (exact) mass is 278 g/mol. The highest BCUT2D eigenvalue weighted by Crippen LogP contribution is 2.15. The summed E-state index contributed by atoms with van der Waals surface area (Å²) in [7, 11) is -1.54. The Bertz CT molecular complexity index is 668. The fourth-order valence-corrected chi connectivity index (χ4v) is 3.15.